The summed E-state index contributed by atoms with van der Waals surface area (Å²) in [5, 5.41) is 0. The molecule has 84 valence electrons. The van der Waals surface area contributed by atoms with E-state index in [9.17, 15) is 4.79 Å². The van der Waals surface area contributed by atoms with Crippen LogP contribution in [-0.2, 0) is 9.57 Å². The maximum Gasteiger partial charge on any atom is 0.430 e. The summed E-state index contributed by atoms with van der Waals surface area (Å²) >= 11 is 0. The zero-order valence-corrected chi connectivity index (χ0v) is 10.1. The zero-order chi connectivity index (χ0) is 11.0. The number of nitrogens with two attached hydrogens (primary N) is 1. The Labute approximate surface area is 85.9 Å². The van der Waals surface area contributed by atoms with E-state index in [0.717, 1.165) is 0 Å². The van der Waals surface area contributed by atoms with Gasteiger partial charge in [-0.3, -0.25) is 4.84 Å². The number of carbonyl (C=O) groups excluding carboxylic acids is 1. The lowest BCUT2D eigenvalue weighted by Crippen LogP contribution is -2.34. The van der Waals surface area contributed by atoms with Crippen molar-refractivity contribution >= 4 is 14.2 Å². The predicted molar refractivity (Wildman–Crippen MR) is 57.5 cm³/mol. The predicted octanol–water partition coefficient (Wildman–Crippen LogP) is 0.870. The summed E-state index contributed by atoms with van der Waals surface area (Å²) in [6, 6.07) is 0. The molecule has 0 saturated heterocycles. The van der Waals surface area contributed by atoms with Crippen LogP contribution < -0.4 is 11.2 Å². The Hall–Kier alpha value is -0.593. The van der Waals surface area contributed by atoms with E-state index in [4.69, 9.17) is 15.3 Å². The number of hydrogen-bond donors (Lipinski definition) is 2. The SMILES string of the molecule is C[Si](C)(C)COC(=O)NOCCCN. The number of hydrogen-bond acceptors (Lipinski definition) is 4. The Morgan fingerprint density at radius 1 is 1.43 bits per heavy atom. The van der Waals surface area contributed by atoms with Gasteiger partial charge in [0.15, 0.2) is 0 Å². The van der Waals surface area contributed by atoms with E-state index in [-0.39, 0.29) is 0 Å². The second-order valence-electron chi connectivity index (χ2n) is 4.23. The van der Waals surface area contributed by atoms with Crippen LogP contribution in [0.1, 0.15) is 6.42 Å². The molecule has 0 unspecified atom stereocenters. The highest BCUT2D eigenvalue weighted by atomic mass is 28.3. The summed E-state index contributed by atoms with van der Waals surface area (Å²) in [6.45, 7) is 7.32. The molecule has 0 fully saturated rings. The van der Waals surface area contributed by atoms with Crippen molar-refractivity contribution in [2.45, 2.75) is 26.1 Å². The van der Waals surface area contributed by atoms with Gasteiger partial charge in [0.25, 0.3) is 0 Å². The van der Waals surface area contributed by atoms with Gasteiger partial charge in [-0.1, -0.05) is 19.6 Å². The van der Waals surface area contributed by atoms with Crippen molar-refractivity contribution in [3.8, 4) is 0 Å². The molecule has 0 aromatic heterocycles. The molecule has 5 nitrogen and oxygen atoms in total. The lowest BCUT2D eigenvalue weighted by atomic mass is 10.5. The first-order valence-electron chi connectivity index (χ1n) is 4.70. The maximum atomic E-state index is 11.0. The van der Waals surface area contributed by atoms with Crippen molar-refractivity contribution < 1.29 is 14.4 Å². The van der Waals surface area contributed by atoms with Crippen molar-refractivity contribution in [1.82, 2.24) is 5.48 Å². The first kappa shape index (κ1) is 13.4. The third kappa shape index (κ3) is 9.49. The molecule has 0 aromatic carbocycles. The van der Waals surface area contributed by atoms with E-state index >= 15 is 0 Å². The highest BCUT2D eigenvalue weighted by Crippen LogP contribution is 2.00. The van der Waals surface area contributed by atoms with E-state index in [2.05, 4.69) is 25.1 Å². The number of hydroxylamine groups is 1. The van der Waals surface area contributed by atoms with Crippen LogP contribution in [0.2, 0.25) is 19.6 Å². The number of amides is 1. The number of rotatable bonds is 6. The fraction of sp³-hybridized carbons (Fsp3) is 0.875. The minimum Gasteiger partial charge on any atom is -0.452 e. The van der Waals surface area contributed by atoms with E-state index in [1.165, 1.54) is 0 Å². The zero-order valence-electron chi connectivity index (χ0n) is 9.13. The lowest BCUT2D eigenvalue weighted by Gasteiger charge is -2.15. The van der Waals surface area contributed by atoms with Crippen LogP contribution in [0.4, 0.5) is 4.79 Å². The van der Waals surface area contributed by atoms with Crippen LogP contribution in [0, 0.1) is 0 Å². The largest absolute Gasteiger partial charge is 0.452 e. The fourth-order valence-corrected chi connectivity index (χ4v) is 1.14. The molecule has 0 radical (unpaired) electrons. The van der Waals surface area contributed by atoms with Gasteiger partial charge in [-0.2, -0.15) is 5.48 Å². The van der Waals surface area contributed by atoms with E-state index < -0.39 is 14.2 Å². The second kappa shape index (κ2) is 6.80. The van der Waals surface area contributed by atoms with Crippen molar-refractivity contribution in [2.75, 3.05) is 19.4 Å². The van der Waals surface area contributed by atoms with Crippen LogP contribution >= 0.6 is 0 Å². The molecular weight excluding hydrogens is 200 g/mol. The highest BCUT2D eigenvalue weighted by Gasteiger charge is 2.15. The minimum absolute atomic E-state index is 0.415. The van der Waals surface area contributed by atoms with Crippen molar-refractivity contribution in [2.24, 2.45) is 5.73 Å². The Balaban J connectivity index is 3.38. The van der Waals surface area contributed by atoms with Crippen molar-refractivity contribution in [3.63, 3.8) is 0 Å². The van der Waals surface area contributed by atoms with Gasteiger partial charge in [0.2, 0.25) is 0 Å². The van der Waals surface area contributed by atoms with Crippen LogP contribution in [0.25, 0.3) is 0 Å². The third-order valence-corrected chi connectivity index (χ3v) is 2.25. The molecule has 0 aliphatic rings. The second-order valence-corrected chi connectivity index (χ2v) is 9.64. The van der Waals surface area contributed by atoms with Gasteiger partial charge in [0, 0.05) is 0 Å². The van der Waals surface area contributed by atoms with E-state index in [0.29, 0.717) is 25.8 Å². The highest BCUT2D eigenvalue weighted by molar-refractivity contribution is 6.76. The number of ether oxygens (including phenoxy) is 1. The molecular formula is C8H20N2O3Si. The number of carbonyl (C=O) groups is 1. The summed E-state index contributed by atoms with van der Waals surface area (Å²) in [7, 11) is -1.33. The van der Waals surface area contributed by atoms with Gasteiger partial charge in [-0.25, -0.2) is 4.79 Å². The average molecular weight is 220 g/mol. The van der Waals surface area contributed by atoms with Crippen molar-refractivity contribution in [3.05, 3.63) is 0 Å². The fourth-order valence-electron chi connectivity index (χ4n) is 0.577. The summed E-state index contributed by atoms with van der Waals surface area (Å²) in [6.07, 6.45) is 0.692. The van der Waals surface area contributed by atoms with Gasteiger partial charge >= 0.3 is 6.09 Å². The molecule has 0 spiro atoms. The Morgan fingerprint density at radius 2 is 2.07 bits per heavy atom. The topological polar surface area (TPSA) is 73.6 Å². The smallest absolute Gasteiger partial charge is 0.430 e. The molecule has 0 bridgehead atoms. The summed E-state index contributed by atoms with van der Waals surface area (Å²) < 4.78 is 4.94. The van der Waals surface area contributed by atoms with Crippen LogP contribution in [-0.4, -0.2) is 33.5 Å². The molecule has 14 heavy (non-hydrogen) atoms. The maximum absolute atomic E-state index is 11.0. The number of nitrogens with one attached hydrogen (secondary N) is 1. The molecule has 1 amide bonds. The summed E-state index contributed by atoms with van der Waals surface area (Å²) in [4.78, 5) is 15.8. The van der Waals surface area contributed by atoms with Gasteiger partial charge in [0.05, 0.1) is 20.9 Å². The molecule has 3 N–H and O–H groups in total. The monoisotopic (exact) mass is 220 g/mol. The molecule has 0 aliphatic heterocycles. The molecule has 0 atom stereocenters. The molecule has 0 saturated carbocycles. The molecule has 6 heteroatoms. The minimum atomic E-state index is -1.33. The van der Waals surface area contributed by atoms with Crippen LogP contribution in [0.15, 0.2) is 0 Å². The quantitative estimate of drug-likeness (QED) is 0.396. The standard InChI is InChI=1S/C8H20N2O3Si/c1-14(2,3)7-12-8(11)10-13-6-4-5-9/h4-7,9H2,1-3H3,(H,10,11). The van der Waals surface area contributed by atoms with Crippen LogP contribution in [0.3, 0.4) is 0 Å². The Morgan fingerprint density at radius 3 is 2.57 bits per heavy atom. The van der Waals surface area contributed by atoms with Crippen molar-refractivity contribution in [1.29, 1.82) is 0 Å². The average Bonchev–Trinajstić information content (AvgIpc) is 2.08. The van der Waals surface area contributed by atoms with E-state index in [1.807, 2.05) is 0 Å². The third-order valence-electron chi connectivity index (χ3n) is 1.24. The van der Waals surface area contributed by atoms with Gasteiger partial charge in [-0.15, -0.1) is 0 Å². The molecule has 0 heterocycles. The molecule has 0 aromatic rings. The van der Waals surface area contributed by atoms with Gasteiger partial charge < -0.3 is 10.5 Å². The molecule has 0 rings (SSSR count). The lowest BCUT2D eigenvalue weighted by molar-refractivity contribution is 0.0321. The Kier molecular flexibility index (Phi) is 6.51. The van der Waals surface area contributed by atoms with Gasteiger partial charge in [-0.05, 0) is 13.0 Å². The summed E-state index contributed by atoms with van der Waals surface area (Å²) in [5.41, 5.74) is 7.44. The first-order valence-corrected chi connectivity index (χ1v) is 8.41. The first-order chi connectivity index (χ1) is 6.45. The van der Waals surface area contributed by atoms with Crippen LogP contribution in [0.5, 0.6) is 0 Å². The molecule has 0 aliphatic carbocycles. The normalized spacial score (nSPS) is 11.1. The Bertz CT molecular complexity index is 170. The van der Waals surface area contributed by atoms with E-state index in [1.54, 1.807) is 0 Å². The van der Waals surface area contributed by atoms with Gasteiger partial charge in [0.1, 0.15) is 0 Å². The summed E-state index contributed by atoms with van der Waals surface area (Å²) in [5.74, 6) is 0.